The minimum absolute atomic E-state index is 0.00946. The molecule has 2 aliphatic rings. The number of halogens is 2. The van der Waals surface area contributed by atoms with Crippen molar-refractivity contribution in [2.24, 2.45) is 4.99 Å². The molecule has 0 aliphatic carbocycles. The lowest BCUT2D eigenvalue weighted by atomic mass is 9.96. The monoisotopic (exact) mass is 642 g/mol. The van der Waals surface area contributed by atoms with Gasteiger partial charge in [-0.2, -0.15) is 5.26 Å². The van der Waals surface area contributed by atoms with Gasteiger partial charge in [0.15, 0.2) is 5.76 Å². The van der Waals surface area contributed by atoms with Crippen LogP contribution in [-0.2, 0) is 22.5 Å². The van der Waals surface area contributed by atoms with Gasteiger partial charge < -0.3 is 39.8 Å². The Bertz CT molecular complexity index is 1650. The molecule has 2 amide bonds. The number of carboxylic acids is 1. The summed E-state index contributed by atoms with van der Waals surface area (Å²) in [7, 11) is 1.44. The van der Waals surface area contributed by atoms with Crippen LogP contribution in [0.1, 0.15) is 32.0 Å². The smallest absolute Gasteiger partial charge is 0.328 e. The number of amides is 2. The molecule has 2 aliphatic heterocycles. The number of nitrogens with one attached hydrogen (secondary N) is 2. The molecule has 1 saturated heterocycles. The number of methoxy groups -OCH3 is 1. The van der Waals surface area contributed by atoms with Crippen LogP contribution in [-0.4, -0.2) is 95.3 Å². The Hall–Kier alpha value is -4.35. The van der Waals surface area contributed by atoms with Crippen molar-refractivity contribution in [2.75, 3.05) is 33.3 Å². The highest BCUT2D eigenvalue weighted by Crippen LogP contribution is 2.35. The molecule has 5 rings (SSSR count). The van der Waals surface area contributed by atoms with Crippen LogP contribution in [0.3, 0.4) is 0 Å². The van der Waals surface area contributed by atoms with E-state index in [0.717, 1.165) is 5.39 Å². The van der Waals surface area contributed by atoms with Gasteiger partial charge in [-0.25, -0.2) is 4.79 Å². The van der Waals surface area contributed by atoms with E-state index >= 15 is 0 Å². The lowest BCUT2D eigenvalue weighted by Gasteiger charge is -2.30. The number of aliphatic imine (C=N–C) groups is 1. The SMILES string of the molecule is CO[C@@H]1CN(/C(=N/C#N)NC[C@H](NC(=O)c2c(Cl)cc3c(c2Cl)CCN(C(=O)c2cc4ccccc4o2)C3)C(=O)O)CC1O. The molecule has 0 bridgehead atoms. The van der Waals surface area contributed by atoms with E-state index in [9.17, 15) is 24.6 Å². The average Bonchev–Trinajstić information content (AvgIpc) is 3.61. The molecule has 2 aromatic carbocycles. The average molecular weight is 643 g/mol. The summed E-state index contributed by atoms with van der Waals surface area (Å²) in [6.07, 6.45) is 0.632. The van der Waals surface area contributed by atoms with Crippen molar-refractivity contribution in [1.29, 1.82) is 5.26 Å². The van der Waals surface area contributed by atoms with Crippen molar-refractivity contribution in [3.63, 3.8) is 0 Å². The van der Waals surface area contributed by atoms with Crippen LogP contribution >= 0.6 is 23.2 Å². The number of guanidine groups is 1. The predicted octanol–water partition coefficient (Wildman–Crippen LogP) is 2.24. The normalized spacial score (nSPS) is 18.9. The third-order valence-corrected chi connectivity index (χ3v) is 8.33. The third kappa shape index (κ3) is 6.29. The number of hydrogen-bond donors (Lipinski definition) is 4. The number of ether oxygens (including phenoxy) is 1. The Labute approximate surface area is 261 Å². The zero-order valence-electron chi connectivity index (χ0n) is 23.4. The fourth-order valence-corrected chi connectivity index (χ4v) is 6.09. The zero-order valence-corrected chi connectivity index (χ0v) is 24.9. The number of furan rings is 1. The number of carbonyl (C=O) groups excluding carboxylic acids is 2. The minimum atomic E-state index is -1.46. The number of fused-ring (bicyclic) bond motifs is 2. The van der Waals surface area contributed by atoms with E-state index in [-0.39, 0.29) is 59.4 Å². The summed E-state index contributed by atoms with van der Waals surface area (Å²) in [5.41, 5.74) is 1.80. The number of likely N-dealkylation sites (tertiary alicyclic amines) is 1. The summed E-state index contributed by atoms with van der Waals surface area (Å²) in [6, 6.07) is 9.09. The fourth-order valence-electron chi connectivity index (χ4n) is 5.33. The first-order valence-corrected chi connectivity index (χ1v) is 14.3. The molecule has 230 valence electrons. The highest BCUT2D eigenvalue weighted by Gasteiger charge is 2.34. The number of para-hydroxylation sites is 1. The molecule has 44 heavy (non-hydrogen) atoms. The Morgan fingerprint density at radius 3 is 2.68 bits per heavy atom. The molecular weight excluding hydrogens is 615 g/mol. The van der Waals surface area contributed by atoms with E-state index in [2.05, 4.69) is 15.6 Å². The van der Waals surface area contributed by atoms with Crippen LogP contribution in [0.2, 0.25) is 10.0 Å². The van der Waals surface area contributed by atoms with E-state index in [1.807, 2.05) is 18.2 Å². The number of carboxylic acid groups (broad SMARTS) is 1. The van der Waals surface area contributed by atoms with Crippen LogP contribution in [0.15, 0.2) is 45.8 Å². The first kappa shape index (κ1) is 31.1. The van der Waals surface area contributed by atoms with Gasteiger partial charge in [0.05, 0.1) is 21.7 Å². The molecule has 0 spiro atoms. The molecule has 0 radical (unpaired) electrons. The number of β-amino-alcohol motifs (C(OH)–C–C–N with tert-alkyl or cyclic N) is 1. The van der Waals surface area contributed by atoms with Gasteiger partial charge in [-0.05, 0) is 35.7 Å². The Balaban J connectivity index is 1.28. The number of benzene rings is 2. The molecule has 1 fully saturated rings. The predicted molar refractivity (Wildman–Crippen MR) is 159 cm³/mol. The first-order chi connectivity index (χ1) is 21.1. The molecular formula is C29H28Cl2N6O7. The number of aliphatic hydroxyl groups excluding tert-OH is 1. The topological polar surface area (TPSA) is 181 Å². The van der Waals surface area contributed by atoms with Gasteiger partial charge in [-0.3, -0.25) is 9.59 Å². The van der Waals surface area contributed by atoms with E-state index in [1.54, 1.807) is 34.2 Å². The second-order valence-corrected chi connectivity index (χ2v) is 11.1. The van der Waals surface area contributed by atoms with Gasteiger partial charge in [-0.15, -0.1) is 4.99 Å². The summed E-state index contributed by atoms with van der Waals surface area (Å²) in [5.74, 6) is -2.23. The Kier molecular flexibility index (Phi) is 9.26. The van der Waals surface area contributed by atoms with Gasteiger partial charge in [0.1, 0.15) is 17.7 Å². The third-order valence-electron chi connectivity index (χ3n) is 7.62. The molecule has 3 atom stereocenters. The number of nitrogens with zero attached hydrogens (tertiary/aromatic N) is 4. The van der Waals surface area contributed by atoms with Crippen molar-refractivity contribution >= 4 is 57.9 Å². The minimum Gasteiger partial charge on any atom is -0.480 e. The molecule has 1 unspecified atom stereocenters. The molecule has 4 N–H and O–H groups in total. The van der Waals surface area contributed by atoms with Gasteiger partial charge in [-0.1, -0.05) is 41.4 Å². The lowest BCUT2D eigenvalue weighted by molar-refractivity contribution is -0.139. The molecule has 13 nitrogen and oxygen atoms in total. The van der Waals surface area contributed by atoms with Crippen LogP contribution in [0, 0.1) is 11.5 Å². The number of carbonyl (C=O) groups is 3. The lowest BCUT2D eigenvalue weighted by Crippen LogP contribution is -2.51. The van der Waals surface area contributed by atoms with Crippen molar-refractivity contribution in [3.8, 4) is 6.19 Å². The maximum atomic E-state index is 13.3. The largest absolute Gasteiger partial charge is 0.480 e. The fraction of sp³-hybridized carbons (Fsp3) is 0.345. The van der Waals surface area contributed by atoms with Crippen LogP contribution in [0.5, 0.6) is 0 Å². The molecule has 1 aromatic heterocycles. The first-order valence-electron chi connectivity index (χ1n) is 13.6. The maximum Gasteiger partial charge on any atom is 0.328 e. The van der Waals surface area contributed by atoms with Crippen LogP contribution in [0.25, 0.3) is 11.0 Å². The summed E-state index contributed by atoms with van der Waals surface area (Å²) in [4.78, 5) is 45.4. The van der Waals surface area contributed by atoms with Gasteiger partial charge in [0.25, 0.3) is 11.8 Å². The second kappa shape index (κ2) is 13.1. The quantitative estimate of drug-likeness (QED) is 0.169. The van der Waals surface area contributed by atoms with Crippen molar-refractivity contribution in [3.05, 3.63) is 68.9 Å². The number of hydrogen-bond acceptors (Lipinski definition) is 8. The van der Waals surface area contributed by atoms with Crippen molar-refractivity contribution in [1.82, 2.24) is 20.4 Å². The Morgan fingerprint density at radius 1 is 1.23 bits per heavy atom. The molecule has 0 saturated carbocycles. The van der Waals surface area contributed by atoms with Crippen molar-refractivity contribution in [2.45, 2.75) is 31.2 Å². The second-order valence-electron chi connectivity index (χ2n) is 10.3. The van der Waals surface area contributed by atoms with E-state index in [0.29, 0.717) is 29.7 Å². The summed E-state index contributed by atoms with van der Waals surface area (Å²) in [5, 5.41) is 35.1. The number of nitriles is 1. The standard InChI is InChI=1S/C29H28Cl2N6O7/c1-43-23-13-37(12-20(23)38)29(34-14-32)33-10-19(28(41)42)35-26(39)24-18(30)8-16-11-36(7-6-17(16)25(24)31)27(40)22-9-15-4-2-3-5-21(15)44-22/h2-5,8-9,19-20,23,38H,6-7,10-13H2,1H3,(H,33,34)(H,35,39)(H,41,42)/t19-,20?,23+/m0/s1. The number of aliphatic carboxylic acids is 1. The summed E-state index contributed by atoms with van der Waals surface area (Å²) < 4.78 is 10.9. The van der Waals surface area contributed by atoms with Gasteiger partial charge >= 0.3 is 5.97 Å². The maximum absolute atomic E-state index is 13.3. The van der Waals surface area contributed by atoms with Crippen LogP contribution < -0.4 is 10.6 Å². The number of aliphatic hydroxyl groups is 1. The Morgan fingerprint density at radius 2 is 2.00 bits per heavy atom. The molecule has 3 heterocycles. The highest BCUT2D eigenvalue weighted by molar-refractivity contribution is 6.40. The van der Waals surface area contributed by atoms with E-state index in [1.165, 1.54) is 7.11 Å². The number of rotatable bonds is 7. The molecule has 15 heteroatoms. The van der Waals surface area contributed by atoms with E-state index < -0.39 is 30.1 Å². The van der Waals surface area contributed by atoms with Gasteiger partial charge in [0, 0.05) is 45.2 Å². The summed E-state index contributed by atoms with van der Waals surface area (Å²) >= 11 is 13.1. The van der Waals surface area contributed by atoms with Gasteiger partial charge in [0.2, 0.25) is 12.2 Å². The summed E-state index contributed by atoms with van der Waals surface area (Å²) in [6.45, 7) is 0.479. The van der Waals surface area contributed by atoms with Crippen LogP contribution in [0.4, 0.5) is 0 Å². The zero-order chi connectivity index (χ0) is 31.5. The highest BCUT2D eigenvalue weighted by atomic mass is 35.5. The van der Waals surface area contributed by atoms with E-state index in [4.69, 9.17) is 37.6 Å². The molecule has 3 aromatic rings. The van der Waals surface area contributed by atoms with Crippen molar-refractivity contribution < 1.29 is 33.8 Å².